The number of benzene rings is 2. The number of hydrogen-bond acceptors (Lipinski definition) is 2. The minimum Gasteiger partial charge on any atom is -0.295 e. The summed E-state index contributed by atoms with van der Waals surface area (Å²) in [5, 5.41) is 0. The first-order chi connectivity index (χ1) is 12.6. The van der Waals surface area contributed by atoms with Crippen LogP contribution in [0.15, 0.2) is 66.0 Å². The second-order valence-corrected chi connectivity index (χ2v) is 7.81. The first-order valence-corrected chi connectivity index (χ1v) is 9.98. The molecule has 1 saturated heterocycles. The summed E-state index contributed by atoms with van der Waals surface area (Å²) in [6.07, 6.45) is 7.06. The molecule has 0 saturated carbocycles. The Hall–Kier alpha value is -1.51. The van der Waals surface area contributed by atoms with E-state index in [9.17, 15) is 0 Å². The number of nitrogens with zero attached hydrogens (tertiary/aromatic N) is 1. The lowest BCUT2D eigenvalue weighted by atomic mass is 9.67. The van der Waals surface area contributed by atoms with E-state index in [1.54, 1.807) is 17.8 Å². The Morgan fingerprint density at radius 3 is 2.92 bits per heavy atom. The topological polar surface area (TPSA) is 3.24 Å². The molecule has 0 aliphatic carbocycles. The van der Waals surface area contributed by atoms with Crippen molar-refractivity contribution in [3.05, 3.63) is 77.8 Å². The van der Waals surface area contributed by atoms with E-state index in [0.29, 0.717) is 12.5 Å². The molecule has 2 aliphatic rings. The van der Waals surface area contributed by atoms with Gasteiger partial charge in [-0.15, -0.1) is 18.3 Å². The first kappa shape index (κ1) is 13.7. The van der Waals surface area contributed by atoms with Gasteiger partial charge in [-0.3, -0.25) is 4.90 Å². The largest absolute Gasteiger partial charge is 0.295 e. The fraction of sp³-hybridized carbons (Fsp3) is 0.364. The van der Waals surface area contributed by atoms with Gasteiger partial charge in [-0.25, -0.2) is 0 Å². The van der Waals surface area contributed by atoms with Crippen LogP contribution in [0.3, 0.4) is 0 Å². The van der Waals surface area contributed by atoms with Crippen LogP contribution in [0.5, 0.6) is 0 Å². The van der Waals surface area contributed by atoms with Crippen molar-refractivity contribution in [3.8, 4) is 0 Å². The molecule has 0 bridgehead atoms. The highest BCUT2D eigenvalue weighted by Crippen LogP contribution is 2.49. The van der Waals surface area contributed by atoms with E-state index in [1.807, 2.05) is 0 Å². The Bertz CT molecular complexity index is 813. The number of thioether (sulfide) groups is 1. The minimum absolute atomic E-state index is 0.0915. The first-order valence-electron chi connectivity index (χ1n) is 9.75. The van der Waals surface area contributed by atoms with E-state index in [-0.39, 0.29) is 11.9 Å². The highest BCUT2D eigenvalue weighted by molar-refractivity contribution is 7.98. The summed E-state index contributed by atoms with van der Waals surface area (Å²) in [6, 6.07) is 18.3. The van der Waals surface area contributed by atoms with Crippen LogP contribution >= 0.6 is 11.8 Å². The molecule has 2 atom stereocenters. The predicted octanol–water partition coefficient (Wildman–Crippen LogP) is 5.42. The second kappa shape index (κ2) is 6.42. The monoisotopic (exact) mass is 337 g/mol. The molecule has 0 amide bonds. The van der Waals surface area contributed by atoms with Gasteiger partial charge in [0.1, 0.15) is 0 Å². The van der Waals surface area contributed by atoms with Crippen molar-refractivity contribution in [2.75, 3.05) is 19.3 Å². The maximum absolute atomic E-state index is 7.65. The molecule has 24 heavy (non-hydrogen) atoms. The van der Waals surface area contributed by atoms with Gasteiger partial charge in [0.15, 0.2) is 0 Å². The third kappa shape index (κ3) is 2.44. The number of rotatable bonds is 4. The Morgan fingerprint density at radius 1 is 1.29 bits per heavy atom. The quantitative estimate of drug-likeness (QED) is 0.541. The molecular formula is C22H25NS. The van der Waals surface area contributed by atoms with Crippen LogP contribution in [0.25, 0.3) is 0 Å². The molecule has 2 heterocycles. The smallest absolute Gasteiger partial charge is 0.0534 e. The Labute approximate surface area is 152 Å². The molecule has 0 aromatic heterocycles. The highest BCUT2D eigenvalue weighted by atomic mass is 32.2. The zero-order valence-electron chi connectivity index (χ0n) is 16.2. The van der Waals surface area contributed by atoms with Crippen molar-refractivity contribution < 1.29 is 2.74 Å². The molecule has 2 aliphatic heterocycles. The maximum atomic E-state index is 7.65. The Balaban J connectivity index is 1.89. The van der Waals surface area contributed by atoms with Crippen molar-refractivity contribution in [3.63, 3.8) is 0 Å². The van der Waals surface area contributed by atoms with Gasteiger partial charge < -0.3 is 0 Å². The second-order valence-electron chi connectivity index (χ2n) is 6.93. The summed E-state index contributed by atoms with van der Waals surface area (Å²) in [6.45, 7) is 2.02. The predicted molar refractivity (Wildman–Crippen MR) is 104 cm³/mol. The molecule has 4 rings (SSSR count). The minimum atomic E-state index is -0.179. The molecule has 2 aromatic carbocycles. The lowest BCUT2D eigenvalue weighted by molar-refractivity contribution is 0.186. The molecular weight excluding hydrogens is 310 g/mol. The lowest BCUT2D eigenvalue weighted by Crippen LogP contribution is -2.46. The van der Waals surface area contributed by atoms with Crippen molar-refractivity contribution in [2.45, 2.75) is 35.6 Å². The molecule has 124 valence electrons. The van der Waals surface area contributed by atoms with Crippen molar-refractivity contribution in [1.29, 1.82) is 0 Å². The number of fused-ring (bicyclic) bond motifs is 3. The average Bonchev–Trinajstić information content (AvgIpc) is 3.14. The molecule has 1 nitrogen and oxygen atoms in total. The van der Waals surface area contributed by atoms with Gasteiger partial charge >= 0.3 is 0 Å². The van der Waals surface area contributed by atoms with E-state index in [1.165, 1.54) is 34.4 Å². The van der Waals surface area contributed by atoms with Crippen LogP contribution in [-0.2, 0) is 5.41 Å². The van der Waals surface area contributed by atoms with E-state index in [2.05, 4.69) is 59.7 Å². The number of allylic oxidation sites excluding steroid dienone is 1. The van der Waals surface area contributed by atoms with Crippen LogP contribution in [0.2, 0.25) is 0 Å². The van der Waals surface area contributed by atoms with Crippen LogP contribution < -0.4 is 0 Å². The van der Waals surface area contributed by atoms with Gasteiger partial charge in [0.2, 0.25) is 0 Å². The molecule has 2 aromatic rings. The third-order valence-electron chi connectivity index (χ3n) is 5.77. The molecule has 0 radical (unpaired) electrons. The van der Waals surface area contributed by atoms with Crippen molar-refractivity contribution in [1.82, 2.24) is 4.90 Å². The summed E-state index contributed by atoms with van der Waals surface area (Å²) in [5.41, 5.74) is 3.94. The van der Waals surface area contributed by atoms with Gasteiger partial charge in [0, 0.05) is 22.9 Å². The van der Waals surface area contributed by atoms with E-state index in [0.717, 1.165) is 13.1 Å². The highest BCUT2D eigenvalue weighted by Gasteiger charge is 2.45. The molecule has 2 heteroatoms. The Morgan fingerprint density at radius 2 is 2.12 bits per heavy atom. The van der Waals surface area contributed by atoms with Crippen molar-refractivity contribution >= 4 is 11.8 Å². The third-order valence-corrected chi connectivity index (χ3v) is 6.51. The lowest BCUT2D eigenvalue weighted by Gasteiger charge is -2.46. The summed E-state index contributed by atoms with van der Waals surface area (Å²) < 4.78 is 15.3. The van der Waals surface area contributed by atoms with Gasteiger partial charge in [-0.05, 0) is 60.9 Å². The fourth-order valence-corrected chi connectivity index (χ4v) is 5.05. The maximum Gasteiger partial charge on any atom is 0.0534 e. The summed E-state index contributed by atoms with van der Waals surface area (Å²) in [5.74, 6) is 0. The van der Waals surface area contributed by atoms with E-state index < -0.39 is 0 Å². The van der Waals surface area contributed by atoms with Crippen LogP contribution in [-0.4, -0.2) is 24.2 Å². The van der Waals surface area contributed by atoms with Crippen LogP contribution in [0.4, 0.5) is 0 Å². The molecule has 0 N–H and O–H groups in total. The summed E-state index contributed by atoms with van der Waals surface area (Å²) in [4.78, 5) is 3.89. The number of hydrogen-bond donors (Lipinski definition) is 0. The van der Waals surface area contributed by atoms with Crippen LogP contribution in [0.1, 0.15) is 44.7 Å². The van der Waals surface area contributed by atoms with Gasteiger partial charge in [-0.2, -0.15) is 0 Å². The van der Waals surface area contributed by atoms with Crippen molar-refractivity contribution in [2.24, 2.45) is 0 Å². The van der Waals surface area contributed by atoms with Crippen LogP contribution in [0, 0.1) is 0 Å². The van der Waals surface area contributed by atoms with Gasteiger partial charge in [0.05, 0.1) is 2.74 Å². The Kier molecular flexibility index (Phi) is 3.68. The fourth-order valence-electron chi connectivity index (χ4n) is 4.65. The normalized spacial score (nSPS) is 27.0. The van der Waals surface area contributed by atoms with Gasteiger partial charge in [0.25, 0.3) is 0 Å². The van der Waals surface area contributed by atoms with Gasteiger partial charge in [-0.1, -0.05) is 42.5 Å². The summed E-state index contributed by atoms with van der Waals surface area (Å²) >= 11 is 1.76. The van der Waals surface area contributed by atoms with E-state index in [4.69, 9.17) is 2.74 Å². The summed E-state index contributed by atoms with van der Waals surface area (Å²) in [7, 11) is 0. The SMILES string of the molecule is [2H]C([2H])=CC[C@@]1(c2ccc(SC)cc2)CN2CCC[C@@H]2c2ccccc21. The molecule has 0 unspecified atom stereocenters. The van der Waals surface area contributed by atoms with E-state index >= 15 is 0 Å². The molecule has 0 spiro atoms. The average molecular weight is 338 g/mol. The zero-order valence-corrected chi connectivity index (χ0v) is 15.0. The zero-order chi connectivity index (χ0) is 18.1. The standard InChI is InChI=1S/C22H25NS/c1-3-14-22(17-10-12-18(24-2)13-11-17)16-23-15-6-9-21(23)19-7-4-5-8-20(19)22/h3-5,7-8,10-13,21H,1,6,9,14-16H2,2H3/t21-,22+/m1/s1/i1D2. The molecule has 1 fully saturated rings.